The lowest BCUT2D eigenvalue weighted by molar-refractivity contribution is -0.128. The van der Waals surface area contributed by atoms with Gasteiger partial charge in [0.25, 0.3) is 5.91 Å². The molecule has 2 rings (SSSR count). The van der Waals surface area contributed by atoms with Crippen LogP contribution in [0.4, 0.5) is 0 Å². The van der Waals surface area contributed by atoms with Crippen LogP contribution in [0.15, 0.2) is 24.3 Å². The molecule has 1 heterocycles. The lowest BCUT2D eigenvalue weighted by Crippen LogP contribution is -2.39. The predicted octanol–water partition coefficient (Wildman–Crippen LogP) is 3.10. The van der Waals surface area contributed by atoms with Gasteiger partial charge in [-0.3, -0.25) is 4.79 Å². The molecule has 22 heavy (non-hydrogen) atoms. The lowest BCUT2D eigenvalue weighted by atomic mass is 10.2. The minimum atomic E-state index is -0.467. The third kappa shape index (κ3) is 5.50. The van der Waals surface area contributed by atoms with Gasteiger partial charge in [-0.2, -0.15) is 0 Å². The van der Waals surface area contributed by atoms with Crippen LogP contribution in [0, 0.1) is 0 Å². The summed E-state index contributed by atoms with van der Waals surface area (Å²) in [7, 11) is 0. The number of halogens is 1. The Hall–Kier alpha value is -1.26. The zero-order valence-corrected chi connectivity index (χ0v) is 13.9. The second kappa shape index (κ2) is 9.01. The van der Waals surface area contributed by atoms with Crippen LogP contribution in [0.2, 0.25) is 5.02 Å². The molecular weight excluding hydrogens is 300 g/mol. The molecule has 0 saturated carbocycles. The molecule has 1 aliphatic heterocycles. The van der Waals surface area contributed by atoms with Gasteiger partial charge in [0.15, 0.2) is 6.10 Å². The molecule has 1 amide bonds. The largest absolute Gasteiger partial charge is 0.481 e. The summed E-state index contributed by atoms with van der Waals surface area (Å²) in [5.74, 6) is 0.579. The van der Waals surface area contributed by atoms with Crippen molar-refractivity contribution in [3.63, 3.8) is 0 Å². The average Bonchev–Trinajstić information content (AvgIpc) is 3.02. The maximum Gasteiger partial charge on any atom is 0.261 e. The van der Waals surface area contributed by atoms with Crippen molar-refractivity contribution in [2.75, 3.05) is 26.2 Å². The van der Waals surface area contributed by atoms with Crippen LogP contribution in [0.1, 0.15) is 32.6 Å². The van der Waals surface area contributed by atoms with E-state index in [2.05, 4.69) is 10.2 Å². The Bertz CT molecular complexity index is 475. The van der Waals surface area contributed by atoms with Crippen LogP contribution in [-0.2, 0) is 4.79 Å². The highest BCUT2D eigenvalue weighted by Gasteiger charge is 2.18. The molecule has 1 atom stereocenters. The normalized spacial score (nSPS) is 16.5. The summed E-state index contributed by atoms with van der Waals surface area (Å²) in [6, 6.07) is 7.15. The number of nitrogens with one attached hydrogen (secondary N) is 1. The van der Waals surface area contributed by atoms with E-state index in [-0.39, 0.29) is 5.91 Å². The van der Waals surface area contributed by atoms with Crippen LogP contribution >= 0.6 is 11.6 Å². The fourth-order valence-electron chi connectivity index (χ4n) is 2.66. The van der Waals surface area contributed by atoms with Crippen molar-refractivity contribution in [2.45, 2.75) is 38.7 Å². The van der Waals surface area contributed by atoms with Crippen molar-refractivity contribution >= 4 is 17.5 Å². The SMILES string of the molecule is CC[C@@H](Oc1cccc(Cl)c1)C(=O)NCCCN1CCCC1. The summed E-state index contributed by atoms with van der Waals surface area (Å²) in [4.78, 5) is 14.6. The first-order valence-electron chi connectivity index (χ1n) is 8.11. The number of hydrogen-bond donors (Lipinski definition) is 1. The molecule has 0 radical (unpaired) electrons. The van der Waals surface area contributed by atoms with E-state index in [4.69, 9.17) is 16.3 Å². The molecule has 4 nitrogen and oxygen atoms in total. The molecule has 1 fully saturated rings. The molecular formula is C17H25ClN2O2. The van der Waals surface area contributed by atoms with Crippen LogP contribution in [0.25, 0.3) is 0 Å². The Morgan fingerprint density at radius 3 is 2.86 bits per heavy atom. The maximum absolute atomic E-state index is 12.2. The van der Waals surface area contributed by atoms with Gasteiger partial charge in [0.2, 0.25) is 0 Å². The fourth-order valence-corrected chi connectivity index (χ4v) is 2.84. The average molecular weight is 325 g/mol. The Labute approximate surface area is 137 Å². The molecule has 0 spiro atoms. The molecule has 1 aromatic carbocycles. The summed E-state index contributed by atoms with van der Waals surface area (Å²) in [5, 5.41) is 3.58. The van der Waals surface area contributed by atoms with Gasteiger partial charge in [0.05, 0.1) is 0 Å². The van der Waals surface area contributed by atoms with Crippen molar-refractivity contribution in [2.24, 2.45) is 0 Å². The number of ether oxygens (including phenoxy) is 1. The van der Waals surface area contributed by atoms with Gasteiger partial charge in [-0.1, -0.05) is 24.6 Å². The second-order valence-electron chi connectivity index (χ2n) is 5.67. The van der Waals surface area contributed by atoms with E-state index < -0.39 is 6.10 Å². The van der Waals surface area contributed by atoms with Gasteiger partial charge in [-0.05, 0) is 63.5 Å². The number of rotatable bonds is 8. The quantitative estimate of drug-likeness (QED) is 0.747. The van der Waals surface area contributed by atoms with Crippen molar-refractivity contribution in [1.29, 1.82) is 0 Å². The maximum atomic E-state index is 12.2. The van der Waals surface area contributed by atoms with Crippen LogP contribution in [0.3, 0.4) is 0 Å². The minimum absolute atomic E-state index is 0.0519. The van der Waals surface area contributed by atoms with Gasteiger partial charge in [0.1, 0.15) is 5.75 Å². The highest BCUT2D eigenvalue weighted by Crippen LogP contribution is 2.19. The first-order valence-corrected chi connectivity index (χ1v) is 8.49. The van der Waals surface area contributed by atoms with Crippen molar-refractivity contribution in [3.8, 4) is 5.75 Å². The van der Waals surface area contributed by atoms with Crippen LogP contribution in [0.5, 0.6) is 5.75 Å². The summed E-state index contributed by atoms with van der Waals surface area (Å²) >= 11 is 5.93. The smallest absolute Gasteiger partial charge is 0.261 e. The van der Waals surface area contributed by atoms with E-state index in [1.54, 1.807) is 12.1 Å². The van der Waals surface area contributed by atoms with Crippen molar-refractivity contribution < 1.29 is 9.53 Å². The topological polar surface area (TPSA) is 41.6 Å². The molecule has 1 N–H and O–H groups in total. The van der Waals surface area contributed by atoms with E-state index in [9.17, 15) is 4.79 Å². The van der Waals surface area contributed by atoms with E-state index in [0.29, 0.717) is 23.7 Å². The fraction of sp³-hybridized carbons (Fsp3) is 0.588. The highest BCUT2D eigenvalue weighted by molar-refractivity contribution is 6.30. The molecule has 0 unspecified atom stereocenters. The zero-order chi connectivity index (χ0) is 15.8. The zero-order valence-electron chi connectivity index (χ0n) is 13.2. The molecule has 1 aliphatic rings. The van der Waals surface area contributed by atoms with Gasteiger partial charge < -0.3 is 15.0 Å². The number of nitrogens with zero attached hydrogens (tertiary/aromatic N) is 1. The monoisotopic (exact) mass is 324 g/mol. The van der Waals surface area contributed by atoms with Crippen LogP contribution in [-0.4, -0.2) is 43.1 Å². The highest BCUT2D eigenvalue weighted by atomic mass is 35.5. The van der Waals surface area contributed by atoms with Crippen molar-refractivity contribution in [3.05, 3.63) is 29.3 Å². The predicted molar refractivity (Wildman–Crippen MR) is 89.5 cm³/mol. The molecule has 1 aromatic rings. The van der Waals surface area contributed by atoms with E-state index in [0.717, 1.165) is 13.0 Å². The third-order valence-electron chi connectivity index (χ3n) is 3.89. The third-order valence-corrected chi connectivity index (χ3v) is 4.12. The van der Waals surface area contributed by atoms with Gasteiger partial charge in [-0.15, -0.1) is 0 Å². The molecule has 122 valence electrons. The summed E-state index contributed by atoms with van der Waals surface area (Å²) < 4.78 is 5.73. The molecule has 0 bridgehead atoms. The standard InChI is InChI=1S/C17H25ClN2O2/c1-2-16(22-15-8-5-7-14(18)13-15)17(21)19-9-6-12-20-10-3-4-11-20/h5,7-8,13,16H,2-4,6,9-12H2,1H3,(H,19,21)/t16-/m1/s1. The summed E-state index contributed by atoms with van der Waals surface area (Å²) in [6.45, 7) is 6.10. The Kier molecular flexibility index (Phi) is 7.00. The minimum Gasteiger partial charge on any atom is -0.481 e. The lowest BCUT2D eigenvalue weighted by Gasteiger charge is -2.18. The second-order valence-corrected chi connectivity index (χ2v) is 6.10. The molecule has 1 saturated heterocycles. The number of benzene rings is 1. The summed E-state index contributed by atoms with van der Waals surface area (Å²) in [6.07, 6.45) is 3.75. The Morgan fingerprint density at radius 1 is 1.41 bits per heavy atom. The molecule has 0 aromatic heterocycles. The Balaban J connectivity index is 1.71. The van der Waals surface area contributed by atoms with Crippen molar-refractivity contribution in [1.82, 2.24) is 10.2 Å². The number of amides is 1. The van der Waals surface area contributed by atoms with Gasteiger partial charge in [0, 0.05) is 11.6 Å². The van der Waals surface area contributed by atoms with Gasteiger partial charge in [-0.25, -0.2) is 0 Å². The first-order chi connectivity index (χ1) is 10.7. The van der Waals surface area contributed by atoms with Crippen LogP contribution < -0.4 is 10.1 Å². The molecule has 0 aliphatic carbocycles. The number of carbonyl (C=O) groups excluding carboxylic acids is 1. The van der Waals surface area contributed by atoms with E-state index in [1.165, 1.54) is 25.9 Å². The van der Waals surface area contributed by atoms with E-state index in [1.807, 2.05) is 19.1 Å². The summed E-state index contributed by atoms with van der Waals surface area (Å²) in [5.41, 5.74) is 0. The van der Waals surface area contributed by atoms with E-state index >= 15 is 0 Å². The number of hydrogen-bond acceptors (Lipinski definition) is 3. The Morgan fingerprint density at radius 2 is 2.18 bits per heavy atom. The molecule has 5 heteroatoms. The first kappa shape index (κ1) is 17.1. The number of carbonyl (C=O) groups is 1. The number of likely N-dealkylation sites (tertiary alicyclic amines) is 1. The van der Waals surface area contributed by atoms with Gasteiger partial charge >= 0.3 is 0 Å².